The summed E-state index contributed by atoms with van der Waals surface area (Å²) >= 11 is 1.71. The highest BCUT2D eigenvalue weighted by molar-refractivity contribution is 7.09. The van der Waals surface area contributed by atoms with Crippen LogP contribution in [0.2, 0.25) is 0 Å². The molecule has 1 aliphatic carbocycles. The largest absolute Gasteiger partial charge is 0.378 e. The lowest BCUT2D eigenvalue weighted by Crippen LogP contribution is -2.36. The van der Waals surface area contributed by atoms with Crippen molar-refractivity contribution in [1.82, 2.24) is 15.6 Å². The maximum absolute atomic E-state index is 11.7. The SMILES string of the molecule is O=C(NCCC1CCCO1)NCc1csc(C2CC2)n1. The van der Waals surface area contributed by atoms with Crippen molar-refractivity contribution in [3.63, 3.8) is 0 Å². The molecular weight excluding hydrogens is 274 g/mol. The zero-order valence-electron chi connectivity index (χ0n) is 11.6. The number of nitrogens with one attached hydrogen (secondary N) is 2. The van der Waals surface area contributed by atoms with Crippen LogP contribution in [0.15, 0.2) is 5.38 Å². The van der Waals surface area contributed by atoms with Crippen LogP contribution in [0.4, 0.5) is 4.79 Å². The molecule has 1 unspecified atom stereocenters. The molecule has 2 amide bonds. The summed E-state index contributed by atoms with van der Waals surface area (Å²) in [6.07, 6.45) is 6.02. The number of carbonyl (C=O) groups is 1. The fraction of sp³-hybridized carbons (Fsp3) is 0.714. The van der Waals surface area contributed by atoms with Crippen LogP contribution in [0.1, 0.15) is 48.7 Å². The molecule has 2 fully saturated rings. The Morgan fingerprint density at radius 1 is 1.40 bits per heavy atom. The zero-order chi connectivity index (χ0) is 13.8. The minimum atomic E-state index is -0.121. The van der Waals surface area contributed by atoms with Crippen molar-refractivity contribution in [1.29, 1.82) is 0 Å². The average molecular weight is 295 g/mol. The fourth-order valence-corrected chi connectivity index (χ4v) is 3.36. The number of ether oxygens (including phenoxy) is 1. The van der Waals surface area contributed by atoms with E-state index < -0.39 is 0 Å². The summed E-state index contributed by atoms with van der Waals surface area (Å²) in [5.74, 6) is 0.689. The van der Waals surface area contributed by atoms with Gasteiger partial charge in [-0.2, -0.15) is 0 Å². The molecule has 6 heteroatoms. The number of aromatic nitrogens is 1. The van der Waals surface area contributed by atoms with Crippen LogP contribution in [0, 0.1) is 0 Å². The Bertz CT molecular complexity index is 453. The highest BCUT2D eigenvalue weighted by Gasteiger charge is 2.26. The number of urea groups is 1. The number of nitrogens with zero attached hydrogens (tertiary/aromatic N) is 1. The summed E-state index contributed by atoms with van der Waals surface area (Å²) in [7, 11) is 0. The minimum Gasteiger partial charge on any atom is -0.378 e. The molecule has 0 aromatic carbocycles. The average Bonchev–Trinajstić information content (AvgIpc) is 2.98. The Kier molecular flexibility index (Phi) is 4.52. The number of amides is 2. The van der Waals surface area contributed by atoms with Crippen LogP contribution in [-0.4, -0.2) is 30.3 Å². The second-order valence-electron chi connectivity index (χ2n) is 5.48. The number of hydrogen-bond acceptors (Lipinski definition) is 4. The Morgan fingerprint density at radius 2 is 2.30 bits per heavy atom. The number of carbonyl (C=O) groups excluding carboxylic acids is 1. The van der Waals surface area contributed by atoms with Crippen molar-refractivity contribution in [3.05, 3.63) is 16.1 Å². The summed E-state index contributed by atoms with van der Waals surface area (Å²) < 4.78 is 5.51. The van der Waals surface area contributed by atoms with Gasteiger partial charge in [-0.05, 0) is 32.1 Å². The summed E-state index contributed by atoms with van der Waals surface area (Å²) in [4.78, 5) is 16.2. The topological polar surface area (TPSA) is 63.2 Å². The molecular formula is C14H21N3O2S. The van der Waals surface area contributed by atoms with Gasteiger partial charge < -0.3 is 15.4 Å². The molecule has 5 nitrogen and oxygen atoms in total. The van der Waals surface area contributed by atoms with E-state index in [-0.39, 0.29) is 6.03 Å². The molecule has 3 rings (SSSR count). The van der Waals surface area contributed by atoms with E-state index in [9.17, 15) is 4.79 Å². The first-order valence-electron chi connectivity index (χ1n) is 7.39. The first kappa shape index (κ1) is 13.8. The molecule has 1 saturated carbocycles. The van der Waals surface area contributed by atoms with E-state index in [4.69, 9.17) is 4.74 Å². The Morgan fingerprint density at radius 3 is 3.05 bits per heavy atom. The van der Waals surface area contributed by atoms with Gasteiger partial charge >= 0.3 is 6.03 Å². The number of thiazole rings is 1. The van der Waals surface area contributed by atoms with Gasteiger partial charge in [0, 0.05) is 24.4 Å². The third-order valence-electron chi connectivity index (χ3n) is 3.70. The number of rotatable bonds is 6. The van der Waals surface area contributed by atoms with E-state index in [1.54, 1.807) is 11.3 Å². The maximum Gasteiger partial charge on any atom is 0.315 e. The Hall–Kier alpha value is -1.14. The van der Waals surface area contributed by atoms with Crippen molar-refractivity contribution in [3.8, 4) is 0 Å². The van der Waals surface area contributed by atoms with E-state index >= 15 is 0 Å². The first-order valence-corrected chi connectivity index (χ1v) is 8.27. The standard InChI is InChI=1S/C14H21N3O2S/c18-14(15-6-5-12-2-1-7-19-12)16-8-11-9-20-13(17-11)10-3-4-10/h9-10,12H,1-8H2,(H2,15,16,18). The van der Waals surface area contributed by atoms with Crippen LogP contribution in [0.3, 0.4) is 0 Å². The van der Waals surface area contributed by atoms with Gasteiger partial charge in [0.25, 0.3) is 0 Å². The third kappa shape index (κ3) is 3.93. The molecule has 20 heavy (non-hydrogen) atoms. The van der Waals surface area contributed by atoms with E-state index in [0.29, 0.717) is 25.1 Å². The molecule has 1 aromatic rings. The van der Waals surface area contributed by atoms with Gasteiger partial charge in [-0.15, -0.1) is 11.3 Å². The Balaban J connectivity index is 1.31. The van der Waals surface area contributed by atoms with Gasteiger partial charge in [-0.1, -0.05) is 0 Å². The molecule has 2 N–H and O–H groups in total. The van der Waals surface area contributed by atoms with Gasteiger partial charge in [-0.25, -0.2) is 9.78 Å². The summed E-state index contributed by atoms with van der Waals surface area (Å²) in [6.45, 7) is 2.04. The predicted molar refractivity (Wildman–Crippen MR) is 77.9 cm³/mol. The molecule has 110 valence electrons. The molecule has 1 aliphatic heterocycles. The Labute approximate surface area is 123 Å². The quantitative estimate of drug-likeness (QED) is 0.847. The predicted octanol–water partition coefficient (Wildman–Crippen LogP) is 2.39. The van der Waals surface area contributed by atoms with Crippen LogP contribution in [0.5, 0.6) is 0 Å². The molecule has 0 spiro atoms. The van der Waals surface area contributed by atoms with Crippen LogP contribution >= 0.6 is 11.3 Å². The normalized spacial score (nSPS) is 21.9. The van der Waals surface area contributed by atoms with Crippen LogP contribution in [0.25, 0.3) is 0 Å². The molecule has 1 aromatic heterocycles. The van der Waals surface area contributed by atoms with Gasteiger partial charge in [0.1, 0.15) is 0 Å². The summed E-state index contributed by atoms with van der Waals surface area (Å²) in [5, 5.41) is 8.98. The van der Waals surface area contributed by atoms with Crippen LogP contribution < -0.4 is 10.6 Å². The van der Waals surface area contributed by atoms with Crippen molar-refractivity contribution >= 4 is 17.4 Å². The summed E-state index contributed by atoms with van der Waals surface area (Å²) in [5.41, 5.74) is 0.964. The molecule has 2 aliphatic rings. The lowest BCUT2D eigenvalue weighted by molar-refractivity contribution is 0.104. The molecule has 2 heterocycles. The van der Waals surface area contributed by atoms with Gasteiger partial charge in [-0.3, -0.25) is 0 Å². The van der Waals surface area contributed by atoms with Crippen molar-refractivity contribution in [2.24, 2.45) is 0 Å². The molecule has 0 radical (unpaired) electrons. The smallest absolute Gasteiger partial charge is 0.315 e. The first-order chi connectivity index (χ1) is 9.81. The third-order valence-corrected chi connectivity index (χ3v) is 4.76. The van der Waals surface area contributed by atoms with Gasteiger partial charge in [0.15, 0.2) is 0 Å². The highest BCUT2D eigenvalue weighted by Crippen LogP contribution is 2.41. The second-order valence-corrected chi connectivity index (χ2v) is 6.37. The fourth-order valence-electron chi connectivity index (χ4n) is 2.37. The molecule has 0 bridgehead atoms. The lowest BCUT2D eigenvalue weighted by Gasteiger charge is -2.10. The second kappa shape index (κ2) is 6.54. The number of hydrogen-bond donors (Lipinski definition) is 2. The van der Waals surface area contributed by atoms with E-state index in [2.05, 4.69) is 15.6 Å². The van der Waals surface area contributed by atoms with Crippen molar-refractivity contribution < 1.29 is 9.53 Å². The molecule has 1 saturated heterocycles. The van der Waals surface area contributed by atoms with E-state index in [1.807, 2.05) is 5.38 Å². The van der Waals surface area contributed by atoms with Gasteiger partial charge in [0.2, 0.25) is 0 Å². The van der Waals surface area contributed by atoms with Crippen molar-refractivity contribution in [2.45, 2.75) is 50.7 Å². The van der Waals surface area contributed by atoms with Crippen LogP contribution in [-0.2, 0) is 11.3 Å². The highest BCUT2D eigenvalue weighted by atomic mass is 32.1. The zero-order valence-corrected chi connectivity index (χ0v) is 12.4. The lowest BCUT2D eigenvalue weighted by atomic mass is 10.2. The molecule has 1 atom stereocenters. The van der Waals surface area contributed by atoms with E-state index in [1.165, 1.54) is 17.8 Å². The van der Waals surface area contributed by atoms with E-state index in [0.717, 1.165) is 31.6 Å². The van der Waals surface area contributed by atoms with Gasteiger partial charge in [0.05, 0.1) is 23.4 Å². The maximum atomic E-state index is 11.7. The summed E-state index contributed by atoms with van der Waals surface area (Å²) in [6, 6.07) is -0.121. The monoisotopic (exact) mass is 295 g/mol. The van der Waals surface area contributed by atoms with Crippen molar-refractivity contribution in [2.75, 3.05) is 13.2 Å². The minimum absolute atomic E-state index is 0.121.